The molecule has 23 heavy (non-hydrogen) atoms. The summed E-state index contributed by atoms with van der Waals surface area (Å²) in [5.41, 5.74) is 5.33. The number of anilines is 1. The van der Waals surface area contributed by atoms with Crippen molar-refractivity contribution in [2.24, 2.45) is 5.16 Å². The average Bonchev–Trinajstić information content (AvgIpc) is 2.61. The zero-order valence-electron chi connectivity index (χ0n) is 12.8. The van der Waals surface area contributed by atoms with E-state index in [0.717, 1.165) is 36.3 Å². The summed E-state index contributed by atoms with van der Waals surface area (Å²) in [7, 11) is 0. The van der Waals surface area contributed by atoms with Gasteiger partial charge < -0.3 is 10.5 Å². The number of nitrogens with one attached hydrogen (secondary N) is 1. The fourth-order valence-electron chi connectivity index (χ4n) is 3.23. The van der Waals surface area contributed by atoms with Crippen LogP contribution in [0.25, 0.3) is 10.8 Å². The molecular formula is C20H18N2O. The van der Waals surface area contributed by atoms with Crippen molar-refractivity contribution in [3.05, 3.63) is 77.4 Å². The van der Waals surface area contributed by atoms with Gasteiger partial charge in [-0.25, -0.2) is 0 Å². The number of hydrogen-bond donors (Lipinski definition) is 2. The van der Waals surface area contributed by atoms with Gasteiger partial charge in [-0.15, -0.1) is 0 Å². The maximum atomic E-state index is 9.20. The van der Waals surface area contributed by atoms with E-state index in [2.05, 4.69) is 71.1 Å². The Hall–Kier alpha value is -2.81. The van der Waals surface area contributed by atoms with Crippen LogP contribution < -0.4 is 5.32 Å². The third-order valence-electron chi connectivity index (χ3n) is 4.41. The lowest BCUT2D eigenvalue weighted by Gasteiger charge is -2.19. The van der Waals surface area contributed by atoms with E-state index < -0.39 is 0 Å². The fraction of sp³-hybridized carbons (Fsp3) is 0.150. The molecule has 1 aliphatic heterocycles. The van der Waals surface area contributed by atoms with Crippen molar-refractivity contribution in [1.82, 2.24) is 0 Å². The van der Waals surface area contributed by atoms with E-state index >= 15 is 0 Å². The molecule has 3 aromatic rings. The molecule has 2 N–H and O–H groups in total. The molecule has 3 aromatic carbocycles. The van der Waals surface area contributed by atoms with Gasteiger partial charge in [0, 0.05) is 24.2 Å². The third-order valence-corrected chi connectivity index (χ3v) is 4.41. The first-order valence-electron chi connectivity index (χ1n) is 7.89. The van der Waals surface area contributed by atoms with Crippen LogP contribution in [0, 0.1) is 0 Å². The van der Waals surface area contributed by atoms with Crippen molar-refractivity contribution in [3.63, 3.8) is 0 Å². The van der Waals surface area contributed by atoms with E-state index in [9.17, 15) is 5.21 Å². The summed E-state index contributed by atoms with van der Waals surface area (Å²) < 4.78 is 0. The standard InChI is InChI=1S/C20H18N2O/c23-22-20-9-10-21-19-8-6-15(13-18(19)20)11-14-5-7-16-3-1-2-4-17(16)12-14/h1-8,12-13,21,23H,9-11H2/b22-20+. The molecule has 0 fully saturated rings. The normalized spacial score (nSPS) is 15.4. The van der Waals surface area contributed by atoms with Crippen molar-refractivity contribution in [2.75, 3.05) is 11.9 Å². The molecular weight excluding hydrogens is 284 g/mol. The van der Waals surface area contributed by atoms with Crippen molar-refractivity contribution in [1.29, 1.82) is 0 Å². The SMILES string of the molecule is O/N=C1\CCNc2ccc(Cc3ccc4ccccc4c3)cc21. The summed E-state index contributed by atoms with van der Waals surface area (Å²) in [5, 5.41) is 18.5. The lowest BCUT2D eigenvalue weighted by Crippen LogP contribution is -2.19. The molecule has 0 atom stereocenters. The minimum Gasteiger partial charge on any atom is -0.411 e. The molecule has 0 saturated heterocycles. The number of rotatable bonds is 2. The highest BCUT2D eigenvalue weighted by atomic mass is 16.4. The Bertz CT molecular complexity index is 899. The van der Waals surface area contributed by atoms with E-state index in [4.69, 9.17) is 0 Å². The van der Waals surface area contributed by atoms with E-state index in [0.29, 0.717) is 0 Å². The molecule has 3 heteroatoms. The molecule has 0 bridgehead atoms. The van der Waals surface area contributed by atoms with Gasteiger partial charge in [0.15, 0.2) is 0 Å². The Kier molecular flexibility index (Phi) is 3.46. The van der Waals surface area contributed by atoms with E-state index in [1.54, 1.807) is 0 Å². The first-order chi connectivity index (χ1) is 11.3. The monoisotopic (exact) mass is 302 g/mol. The average molecular weight is 302 g/mol. The van der Waals surface area contributed by atoms with Gasteiger partial charge in [-0.1, -0.05) is 53.7 Å². The van der Waals surface area contributed by atoms with Crippen molar-refractivity contribution in [3.8, 4) is 0 Å². The van der Waals surface area contributed by atoms with Gasteiger partial charge in [0.05, 0.1) is 5.71 Å². The first-order valence-corrected chi connectivity index (χ1v) is 7.89. The van der Waals surface area contributed by atoms with Gasteiger partial charge >= 0.3 is 0 Å². The Morgan fingerprint density at radius 3 is 2.57 bits per heavy atom. The lowest BCUT2D eigenvalue weighted by atomic mass is 9.95. The van der Waals surface area contributed by atoms with Gasteiger partial charge in [0.25, 0.3) is 0 Å². The van der Waals surface area contributed by atoms with Crippen molar-refractivity contribution in [2.45, 2.75) is 12.8 Å². The minimum atomic E-state index is 0.753. The fourth-order valence-corrected chi connectivity index (χ4v) is 3.23. The van der Waals surface area contributed by atoms with Crippen LogP contribution in [-0.2, 0) is 6.42 Å². The molecule has 0 amide bonds. The molecule has 0 radical (unpaired) electrons. The van der Waals surface area contributed by atoms with Crippen LogP contribution >= 0.6 is 0 Å². The molecule has 4 rings (SSSR count). The molecule has 0 unspecified atom stereocenters. The Balaban J connectivity index is 1.68. The van der Waals surface area contributed by atoms with E-state index in [1.807, 2.05) is 0 Å². The van der Waals surface area contributed by atoms with Crippen molar-refractivity contribution < 1.29 is 5.21 Å². The molecule has 0 aliphatic carbocycles. The number of oxime groups is 1. The summed E-state index contributed by atoms with van der Waals surface area (Å²) in [6.07, 6.45) is 1.62. The largest absolute Gasteiger partial charge is 0.411 e. The second-order valence-electron chi connectivity index (χ2n) is 5.96. The number of hydrogen-bond acceptors (Lipinski definition) is 3. The zero-order chi connectivity index (χ0) is 15.6. The summed E-state index contributed by atoms with van der Waals surface area (Å²) in [5.74, 6) is 0. The maximum absolute atomic E-state index is 9.20. The van der Waals surface area contributed by atoms with Crippen LogP contribution in [0.1, 0.15) is 23.1 Å². The van der Waals surface area contributed by atoms with Crippen LogP contribution in [0.5, 0.6) is 0 Å². The molecule has 0 spiro atoms. The molecule has 3 nitrogen and oxygen atoms in total. The molecule has 0 aromatic heterocycles. The van der Waals surface area contributed by atoms with Gasteiger partial charge in [-0.2, -0.15) is 0 Å². The summed E-state index contributed by atoms with van der Waals surface area (Å²) in [6, 6.07) is 21.4. The van der Waals surface area contributed by atoms with Crippen LogP contribution in [-0.4, -0.2) is 17.5 Å². The Labute approximate surface area is 135 Å². The summed E-state index contributed by atoms with van der Waals surface area (Å²) >= 11 is 0. The maximum Gasteiger partial charge on any atom is 0.0906 e. The number of fused-ring (bicyclic) bond motifs is 2. The molecule has 1 heterocycles. The van der Waals surface area contributed by atoms with Gasteiger partial charge in [0.2, 0.25) is 0 Å². The highest BCUT2D eigenvalue weighted by Gasteiger charge is 2.16. The van der Waals surface area contributed by atoms with Crippen molar-refractivity contribution >= 4 is 22.2 Å². The molecule has 1 aliphatic rings. The van der Waals surface area contributed by atoms with E-state index in [-0.39, 0.29) is 0 Å². The number of benzene rings is 3. The molecule has 114 valence electrons. The molecule has 0 saturated carbocycles. The van der Waals surface area contributed by atoms with E-state index in [1.165, 1.54) is 21.9 Å². The third kappa shape index (κ3) is 2.66. The smallest absolute Gasteiger partial charge is 0.0906 e. The topological polar surface area (TPSA) is 44.6 Å². The summed E-state index contributed by atoms with van der Waals surface area (Å²) in [4.78, 5) is 0. The quantitative estimate of drug-likeness (QED) is 0.543. The Morgan fingerprint density at radius 2 is 1.70 bits per heavy atom. The second-order valence-corrected chi connectivity index (χ2v) is 5.96. The van der Waals surface area contributed by atoms with Crippen LogP contribution in [0.2, 0.25) is 0 Å². The first kappa shape index (κ1) is 13.8. The lowest BCUT2D eigenvalue weighted by molar-refractivity contribution is 0.318. The predicted octanol–water partition coefficient (Wildman–Crippen LogP) is 4.42. The van der Waals surface area contributed by atoms with Gasteiger partial charge in [-0.3, -0.25) is 0 Å². The van der Waals surface area contributed by atoms with Crippen LogP contribution in [0.15, 0.2) is 65.8 Å². The van der Waals surface area contributed by atoms with Crippen LogP contribution in [0.4, 0.5) is 5.69 Å². The highest BCUT2D eigenvalue weighted by Crippen LogP contribution is 2.25. The second kappa shape index (κ2) is 5.76. The Morgan fingerprint density at radius 1 is 0.913 bits per heavy atom. The van der Waals surface area contributed by atoms with Gasteiger partial charge in [0.1, 0.15) is 0 Å². The summed E-state index contributed by atoms with van der Waals surface area (Å²) in [6.45, 7) is 0.816. The predicted molar refractivity (Wildman–Crippen MR) is 94.6 cm³/mol. The minimum absolute atomic E-state index is 0.753. The zero-order valence-corrected chi connectivity index (χ0v) is 12.8. The number of nitrogens with zero attached hydrogens (tertiary/aromatic N) is 1. The highest BCUT2D eigenvalue weighted by molar-refractivity contribution is 6.06. The van der Waals surface area contributed by atoms with Gasteiger partial charge in [-0.05, 0) is 40.5 Å². The van der Waals surface area contributed by atoms with Crippen LogP contribution in [0.3, 0.4) is 0 Å².